The summed E-state index contributed by atoms with van der Waals surface area (Å²) < 4.78 is 0. The highest BCUT2D eigenvalue weighted by Crippen LogP contribution is 2.08. The predicted octanol–water partition coefficient (Wildman–Crippen LogP) is 1.61. The van der Waals surface area contributed by atoms with Crippen molar-refractivity contribution in [2.45, 2.75) is 6.92 Å². The van der Waals surface area contributed by atoms with Gasteiger partial charge in [-0.15, -0.1) is 0 Å². The molecule has 1 heterocycles. The molecule has 1 amide bonds. The minimum absolute atomic E-state index is 0.129. The van der Waals surface area contributed by atoms with Gasteiger partial charge in [-0.2, -0.15) is 11.8 Å². The van der Waals surface area contributed by atoms with E-state index in [2.05, 4.69) is 21.9 Å². The molecule has 0 saturated carbocycles. The Morgan fingerprint density at radius 1 is 1.56 bits per heavy atom. The lowest BCUT2D eigenvalue weighted by molar-refractivity contribution is 0.0951. The molecule has 1 aromatic rings. The molecule has 0 aliphatic rings. The first kappa shape index (κ1) is 12.8. The van der Waals surface area contributed by atoms with Gasteiger partial charge in [0.1, 0.15) is 5.69 Å². The third-order valence-electron chi connectivity index (χ3n) is 1.97. The summed E-state index contributed by atoms with van der Waals surface area (Å²) >= 11 is 1.78. The summed E-state index contributed by atoms with van der Waals surface area (Å²) in [4.78, 5) is 15.6. The summed E-state index contributed by atoms with van der Waals surface area (Å²) in [5, 5.41) is 5.97. The Bertz CT molecular complexity index is 344. The number of anilines is 1. The third kappa shape index (κ3) is 4.10. The van der Waals surface area contributed by atoms with Crippen LogP contribution in [-0.2, 0) is 0 Å². The van der Waals surface area contributed by atoms with Gasteiger partial charge in [0.25, 0.3) is 5.91 Å². The highest BCUT2D eigenvalue weighted by Gasteiger charge is 2.05. The van der Waals surface area contributed by atoms with Gasteiger partial charge in [0.05, 0.1) is 0 Å². The van der Waals surface area contributed by atoms with Gasteiger partial charge in [0.2, 0.25) is 0 Å². The summed E-state index contributed by atoms with van der Waals surface area (Å²) in [5.74, 6) is 0.912. The minimum Gasteiger partial charge on any atom is -0.384 e. The Kier molecular flexibility index (Phi) is 5.71. The number of rotatable bonds is 6. The number of hydrogen-bond donors (Lipinski definition) is 2. The van der Waals surface area contributed by atoms with Gasteiger partial charge in [-0.1, -0.05) is 0 Å². The number of nitrogens with zero attached hydrogens (tertiary/aromatic N) is 1. The molecule has 4 nitrogen and oxygen atoms in total. The van der Waals surface area contributed by atoms with Gasteiger partial charge >= 0.3 is 0 Å². The molecule has 0 aliphatic carbocycles. The first-order chi connectivity index (χ1) is 7.77. The largest absolute Gasteiger partial charge is 0.384 e. The summed E-state index contributed by atoms with van der Waals surface area (Å²) in [6.07, 6.45) is 3.71. The van der Waals surface area contributed by atoms with Crippen molar-refractivity contribution in [3.63, 3.8) is 0 Å². The zero-order chi connectivity index (χ0) is 11.8. The summed E-state index contributed by atoms with van der Waals surface area (Å²) in [7, 11) is 0. The molecule has 5 heteroatoms. The molecule has 0 fully saturated rings. The fourth-order valence-corrected chi connectivity index (χ4v) is 1.52. The Morgan fingerprint density at radius 2 is 2.38 bits per heavy atom. The van der Waals surface area contributed by atoms with Crippen molar-refractivity contribution in [1.82, 2.24) is 10.3 Å². The number of carbonyl (C=O) groups is 1. The van der Waals surface area contributed by atoms with E-state index in [4.69, 9.17) is 0 Å². The van der Waals surface area contributed by atoms with E-state index in [9.17, 15) is 4.79 Å². The van der Waals surface area contributed by atoms with E-state index < -0.39 is 0 Å². The lowest BCUT2D eigenvalue weighted by atomic mass is 10.3. The van der Waals surface area contributed by atoms with Crippen molar-refractivity contribution in [2.75, 3.05) is 30.4 Å². The van der Waals surface area contributed by atoms with Crippen LogP contribution in [-0.4, -0.2) is 36.0 Å². The molecule has 0 bridgehead atoms. The molecule has 0 aromatic carbocycles. The second-order valence-corrected chi connectivity index (χ2v) is 4.19. The van der Waals surface area contributed by atoms with Crippen LogP contribution in [0.4, 0.5) is 5.69 Å². The average molecular weight is 239 g/mol. The van der Waals surface area contributed by atoms with E-state index in [1.807, 2.05) is 13.0 Å². The molecule has 16 heavy (non-hydrogen) atoms. The van der Waals surface area contributed by atoms with Gasteiger partial charge in [-0.3, -0.25) is 9.78 Å². The smallest absolute Gasteiger partial charge is 0.269 e. The molecule has 1 aromatic heterocycles. The van der Waals surface area contributed by atoms with Gasteiger partial charge in [-0.05, 0) is 25.3 Å². The van der Waals surface area contributed by atoms with Crippen LogP contribution in [0.5, 0.6) is 0 Å². The fraction of sp³-hybridized carbons (Fsp3) is 0.455. The van der Waals surface area contributed by atoms with Crippen molar-refractivity contribution < 1.29 is 4.79 Å². The maximum Gasteiger partial charge on any atom is 0.269 e. The number of thioether (sulfide) groups is 1. The van der Waals surface area contributed by atoms with E-state index in [0.717, 1.165) is 18.0 Å². The first-order valence-corrected chi connectivity index (χ1v) is 6.64. The molecule has 2 N–H and O–H groups in total. The normalized spacial score (nSPS) is 9.88. The number of nitrogens with one attached hydrogen (secondary N) is 2. The molecule has 0 spiro atoms. The molecule has 0 aliphatic heterocycles. The second-order valence-electron chi connectivity index (χ2n) is 3.21. The Morgan fingerprint density at radius 3 is 3.06 bits per heavy atom. The minimum atomic E-state index is -0.129. The van der Waals surface area contributed by atoms with Crippen LogP contribution in [0.1, 0.15) is 17.4 Å². The van der Waals surface area contributed by atoms with Crippen LogP contribution in [0.3, 0.4) is 0 Å². The summed E-state index contributed by atoms with van der Waals surface area (Å²) in [6, 6.07) is 3.63. The van der Waals surface area contributed by atoms with E-state index >= 15 is 0 Å². The topological polar surface area (TPSA) is 54.0 Å². The van der Waals surface area contributed by atoms with Crippen molar-refractivity contribution in [3.8, 4) is 0 Å². The van der Waals surface area contributed by atoms with Crippen molar-refractivity contribution in [1.29, 1.82) is 0 Å². The highest BCUT2D eigenvalue weighted by molar-refractivity contribution is 7.98. The lowest BCUT2D eigenvalue weighted by Gasteiger charge is -2.06. The standard InChI is InChI=1S/C11H17N3OS/c1-3-12-11(15)10-8-9(4-5-14-10)13-6-7-16-2/h4-5,8H,3,6-7H2,1-2H3,(H,12,15)(H,13,14). The molecule has 1 rings (SSSR count). The SMILES string of the molecule is CCNC(=O)c1cc(NCCSC)ccn1. The van der Waals surface area contributed by atoms with E-state index in [1.165, 1.54) is 0 Å². The van der Waals surface area contributed by atoms with Crippen molar-refractivity contribution >= 4 is 23.4 Å². The van der Waals surface area contributed by atoms with E-state index in [1.54, 1.807) is 24.0 Å². The fourth-order valence-electron chi connectivity index (χ4n) is 1.21. The maximum atomic E-state index is 11.5. The maximum absolute atomic E-state index is 11.5. The molecule has 0 unspecified atom stereocenters. The van der Waals surface area contributed by atoms with Gasteiger partial charge in [-0.25, -0.2) is 0 Å². The quantitative estimate of drug-likeness (QED) is 0.740. The monoisotopic (exact) mass is 239 g/mol. The lowest BCUT2D eigenvalue weighted by Crippen LogP contribution is -2.23. The average Bonchev–Trinajstić information content (AvgIpc) is 2.30. The Labute approximate surface area is 100 Å². The number of aromatic nitrogens is 1. The number of hydrogen-bond acceptors (Lipinski definition) is 4. The van der Waals surface area contributed by atoms with Crippen LogP contribution >= 0.6 is 11.8 Å². The van der Waals surface area contributed by atoms with Crippen LogP contribution in [0.25, 0.3) is 0 Å². The third-order valence-corrected chi connectivity index (χ3v) is 2.58. The molecule has 88 valence electrons. The molecular weight excluding hydrogens is 222 g/mol. The second kappa shape index (κ2) is 7.11. The first-order valence-electron chi connectivity index (χ1n) is 5.25. The zero-order valence-corrected chi connectivity index (χ0v) is 10.4. The zero-order valence-electron chi connectivity index (χ0n) is 9.62. The van der Waals surface area contributed by atoms with Crippen molar-refractivity contribution in [3.05, 3.63) is 24.0 Å². The van der Waals surface area contributed by atoms with Crippen molar-refractivity contribution in [2.24, 2.45) is 0 Å². The van der Waals surface area contributed by atoms with Gasteiger partial charge in [0, 0.05) is 30.7 Å². The van der Waals surface area contributed by atoms with Crippen LogP contribution in [0.15, 0.2) is 18.3 Å². The molecule has 0 radical (unpaired) electrons. The van der Waals surface area contributed by atoms with E-state index in [0.29, 0.717) is 12.2 Å². The highest BCUT2D eigenvalue weighted by atomic mass is 32.2. The summed E-state index contributed by atoms with van der Waals surface area (Å²) in [5.41, 5.74) is 1.39. The Balaban J connectivity index is 2.60. The van der Waals surface area contributed by atoms with E-state index in [-0.39, 0.29) is 5.91 Å². The van der Waals surface area contributed by atoms with Crippen LogP contribution < -0.4 is 10.6 Å². The number of carbonyl (C=O) groups excluding carboxylic acids is 1. The van der Waals surface area contributed by atoms with Crippen LogP contribution in [0, 0.1) is 0 Å². The molecule has 0 saturated heterocycles. The molecule has 0 atom stereocenters. The number of pyridine rings is 1. The Hall–Kier alpha value is -1.23. The number of amides is 1. The van der Waals surface area contributed by atoms with Crippen LogP contribution in [0.2, 0.25) is 0 Å². The molecular formula is C11H17N3OS. The van der Waals surface area contributed by atoms with Gasteiger partial charge < -0.3 is 10.6 Å². The summed E-state index contributed by atoms with van der Waals surface area (Å²) in [6.45, 7) is 3.39. The predicted molar refractivity (Wildman–Crippen MR) is 69.1 cm³/mol. The van der Waals surface area contributed by atoms with Gasteiger partial charge in [0.15, 0.2) is 0 Å².